The molecule has 44 valence electrons. The van der Waals surface area contributed by atoms with Gasteiger partial charge in [0.2, 0.25) is 0 Å². The van der Waals surface area contributed by atoms with Crippen molar-refractivity contribution in [1.29, 1.82) is 0 Å². The van der Waals surface area contributed by atoms with Gasteiger partial charge in [-0.15, -0.1) is 11.6 Å². The first-order valence-electron chi connectivity index (χ1n) is 2.20. The summed E-state index contributed by atoms with van der Waals surface area (Å²) < 4.78 is 0. The molecule has 0 unspecified atom stereocenters. The van der Waals surface area contributed by atoms with Crippen LogP contribution in [0.15, 0.2) is 29.9 Å². The Hall–Kier alpha value is -0.560. The zero-order valence-electron chi connectivity index (χ0n) is 4.60. The lowest BCUT2D eigenvalue weighted by Gasteiger charge is -1.84. The molecule has 8 heavy (non-hydrogen) atoms. The van der Waals surface area contributed by atoms with Gasteiger partial charge in [-0.05, 0) is 0 Å². The first-order chi connectivity index (χ1) is 3.81. The number of nitrogens with zero attached hydrogens (tertiary/aromatic N) is 1. The van der Waals surface area contributed by atoms with E-state index >= 15 is 0 Å². The number of aliphatic imine (C=N–C) groups is 1. The smallest absolute Gasteiger partial charge is 0.0641 e. The van der Waals surface area contributed by atoms with Gasteiger partial charge in [-0.3, -0.25) is 4.99 Å². The molecule has 0 spiro atoms. The van der Waals surface area contributed by atoms with Gasteiger partial charge in [-0.1, -0.05) is 19.2 Å². The van der Waals surface area contributed by atoms with E-state index in [9.17, 15) is 0 Å². The fourth-order valence-electron chi connectivity index (χ4n) is 0.193. The van der Waals surface area contributed by atoms with Crippen LogP contribution in [0.2, 0.25) is 0 Å². The Morgan fingerprint density at radius 1 is 1.75 bits per heavy atom. The predicted molar refractivity (Wildman–Crippen MR) is 38.5 cm³/mol. The van der Waals surface area contributed by atoms with E-state index in [0.29, 0.717) is 11.6 Å². The first-order valence-corrected chi connectivity index (χ1v) is 2.73. The van der Waals surface area contributed by atoms with Gasteiger partial charge in [-0.25, -0.2) is 0 Å². The van der Waals surface area contributed by atoms with Crippen LogP contribution in [0.3, 0.4) is 0 Å². The highest BCUT2D eigenvalue weighted by Crippen LogP contribution is 1.92. The van der Waals surface area contributed by atoms with Crippen LogP contribution >= 0.6 is 11.6 Å². The van der Waals surface area contributed by atoms with Crippen molar-refractivity contribution in [1.82, 2.24) is 0 Å². The van der Waals surface area contributed by atoms with Gasteiger partial charge in [0, 0.05) is 11.9 Å². The molecule has 0 saturated heterocycles. The first kappa shape index (κ1) is 7.44. The fourth-order valence-corrected chi connectivity index (χ4v) is 0.262. The van der Waals surface area contributed by atoms with E-state index in [0.717, 1.165) is 0 Å². The van der Waals surface area contributed by atoms with E-state index in [1.165, 1.54) is 0 Å². The standard InChI is InChI=1S/C6H8ClN/c1-3-4-8-6(2)5-7/h3-4H,1-2,5H2. The lowest BCUT2D eigenvalue weighted by molar-refractivity contribution is 1.35. The van der Waals surface area contributed by atoms with Crippen LogP contribution in [0.4, 0.5) is 0 Å². The van der Waals surface area contributed by atoms with Crippen LogP contribution in [0.1, 0.15) is 0 Å². The fraction of sp³-hybridized carbons (Fsp3) is 0.167. The van der Waals surface area contributed by atoms with E-state index in [-0.39, 0.29) is 0 Å². The predicted octanol–water partition coefficient (Wildman–Crippen LogP) is 2.00. The number of hydrogen-bond acceptors (Lipinski definition) is 1. The Balaban J connectivity index is 3.52. The van der Waals surface area contributed by atoms with Gasteiger partial charge in [0.1, 0.15) is 0 Å². The molecule has 0 fully saturated rings. The summed E-state index contributed by atoms with van der Waals surface area (Å²) in [4.78, 5) is 3.79. The molecule has 0 aliphatic heterocycles. The monoisotopic (exact) mass is 129 g/mol. The lowest BCUT2D eigenvalue weighted by atomic mass is 10.6. The number of allylic oxidation sites excluding steroid dienone is 2. The maximum atomic E-state index is 5.34. The van der Waals surface area contributed by atoms with Crippen LogP contribution in [0, 0.1) is 0 Å². The average molecular weight is 130 g/mol. The Bertz CT molecular complexity index is 116. The van der Waals surface area contributed by atoms with Crippen LogP contribution in [0.25, 0.3) is 0 Å². The highest BCUT2D eigenvalue weighted by Gasteiger charge is 1.79. The van der Waals surface area contributed by atoms with Crippen molar-refractivity contribution in [3.63, 3.8) is 0 Å². The molecule has 0 aromatic heterocycles. The van der Waals surface area contributed by atoms with E-state index in [2.05, 4.69) is 18.2 Å². The summed E-state index contributed by atoms with van der Waals surface area (Å²) in [6.07, 6.45) is 3.14. The van der Waals surface area contributed by atoms with Crippen molar-refractivity contribution in [3.8, 4) is 0 Å². The van der Waals surface area contributed by atoms with Gasteiger partial charge >= 0.3 is 0 Å². The molecule has 2 heteroatoms. The zero-order valence-corrected chi connectivity index (χ0v) is 5.36. The summed E-state index contributed by atoms with van der Waals surface area (Å²) in [7, 11) is 0. The maximum absolute atomic E-state index is 5.34. The lowest BCUT2D eigenvalue weighted by Crippen LogP contribution is -1.74. The summed E-state index contributed by atoms with van der Waals surface area (Å²) in [6, 6.07) is 0. The molecule has 0 aliphatic carbocycles. The Morgan fingerprint density at radius 3 is 2.75 bits per heavy atom. The summed E-state index contributed by atoms with van der Waals surface area (Å²) in [5.74, 6) is 0.379. The van der Waals surface area contributed by atoms with Gasteiger partial charge in [-0.2, -0.15) is 0 Å². The Labute approximate surface area is 54.4 Å². The second-order valence-corrected chi connectivity index (χ2v) is 1.48. The molecule has 0 atom stereocenters. The van der Waals surface area contributed by atoms with Crippen molar-refractivity contribution >= 4 is 17.8 Å². The molecule has 0 N–H and O–H groups in total. The molecule has 0 heterocycles. The highest BCUT2D eigenvalue weighted by atomic mass is 35.5. The van der Waals surface area contributed by atoms with Crippen LogP contribution < -0.4 is 0 Å². The molecule has 0 saturated carbocycles. The Morgan fingerprint density at radius 2 is 2.38 bits per heavy atom. The minimum atomic E-state index is 0.379. The van der Waals surface area contributed by atoms with Gasteiger partial charge in [0.15, 0.2) is 0 Å². The van der Waals surface area contributed by atoms with Crippen molar-refractivity contribution in [2.24, 2.45) is 4.99 Å². The van der Waals surface area contributed by atoms with Crippen molar-refractivity contribution < 1.29 is 0 Å². The van der Waals surface area contributed by atoms with Crippen molar-refractivity contribution in [2.45, 2.75) is 0 Å². The van der Waals surface area contributed by atoms with Gasteiger partial charge in [0.05, 0.1) is 5.88 Å². The second-order valence-electron chi connectivity index (χ2n) is 1.21. The minimum absolute atomic E-state index is 0.379. The van der Waals surface area contributed by atoms with Crippen molar-refractivity contribution in [2.75, 3.05) is 5.88 Å². The minimum Gasteiger partial charge on any atom is -0.261 e. The summed E-state index contributed by atoms with van der Waals surface area (Å²) in [6.45, 7) is 6.97. The normalized spacial score (nSPS) is 9.62. The molecule has 0 aromatic carbocycles. The third kappa shape index (κ3) is 3.62. The zero-order chi connectivity index (χ0) is 6.41. The van der Waals surface area contributed by atoms with E-state index in [1.54, 1.807) is 12.3 Å². The van der Waals surface area contributed by atoms with Crippen molar-refractivity contribution in [3.05, 3.63) is 24.9 Å². The number of hydrogen-bond donors (Lipinski definition) is 0. The quantitative estimate of drug-likeness (QED) is 0.408. The van der Waals surface area contributed by atoms with Crippen LogP contribution in [-0.4, -0.2) is 12.1 Å². The molecular weight excluding hydrogens is 122 g/mol. The largest absolute Gasteiger partial charge is 0.261 e. The summed E-state index contributed by atoms with van der Waals surface area (Å²) in [5.41, 5.74) is 0.659. The number of alkyl halides is 1. The summed E-state index contributed by atoms with van der Waals surface area (Å²) in [5, 5.41) is 0. The third-order valence-electron chi connectivity index (χ3n) is 0.517. The maximum Gasteiger partial charge on any atom is 0.0641 e. The van der Waals surface area contributed by atoms with Gasteiger partial charge < -0.3 is 0 Å². The van der Waals surface area contributed by atoms with E-state index in [4.69, 9.17) is 11.6 Å². The highest BCUT2D eigenvalue weighted by molar-refractivity contribution is 6.19. The van der Waals surface area contributed by atoms with E-state index < -0.39 is 0 Å². The Kier molecular flexibility index (Phi) is 4.27. The second kappa shape index (κ2) is 4.60. The molecule has 0 amide bonds. The van der Waals surface area contributed by atoms with Crippen LogP contribution in [-0.2, 0) is 0 Å². The molecule has 1 nitrogen and oxygen atoms in total. The van der Waals surface area contributed by atoms with Crippen LogP contribution in [0.5, 0.6) is 0 Å². The molecule has 0 radical (unpaired) electrons. The SMILES string of the molecule is C=CC=NC(=C)CCl. The molecule has 0 bridgehead atoms. The third-order valence-corrected chi connectivity index (χ3v) is 0.825. The molecule has 0 rings (SSSR count). The topological polar surface area (TPSA) is 12.4 Å². The van der Waals surface area contributed by atoms with E-state index in [1.807, 2.05) is 0 Å². The molecule has 0 aliphatic rings. The number of rotatable bonds is 3. The summed E-state index contributed by atoms with van der Waals surface area (Å²) >= 11 is 5.34. The number of halogens is 1. The average Bonchev–Trinajstić information content (AvgIpc) is 1.83. The van der Waals surface area contributed by atoms with Gasteiger partial charge in [0.25, 0.3) is 0 Å². The molecule has 0 aromatic rings. The molecular formula is C6H8ClN.